The highest BCUT2D eigenvalue weighted by atomic mass is 16.5. The summed E-state index contributed by atoms with van der Waals surface area (Å²) in [5, 5.41) is 3.12. The molecule has 0 aromatic carbocycles. The fourth-order valence-corrected chi connectivity index (χ4v) is 0.624. The molecule has 9 heavy (non-hydrogen) atoms. The molecule has 0 aliphatic rings. The van der Waals surface area contributed by atoms with Crippen molar-refractivity contribution in [2.75, 3.05) is 13.7 Å². The molecule has 0 fully saturated rings. The quantitative estimate of drug-likeness (QED) is 0.614. The minimum absolute atomic E-state index is 0.452. The zero-order valence-electron chi connectivity index (χ0n) is 6.40. The van der Waals surface area contributed by atoms with Crippen LogP contribution in [0.4, 0.5) is 0 Å². The number of ether oxygens (including phenoxy) is 1. The fourth-order valence-electron chi connectivity index (χ4n) is 0.624. The van der Waals surface area contributed by atoms with Gasteiger partial charge in [0.1, 0.15) is 0 Å². The number of nitrogens with one attached hydrogen (secondary N) is 1. The zero-order valence-corrected chi connectivity index (χ0v) is 6.40. The van der Waals surface area contributed by atoms with Gasteiger partial charge in [0, 0.05) is 18.8 Å². The van der Waals surface area contributed by atoms with Crippen molar-refractivity contribution in [2.45, 2.75) is 19.9 Å². The Kier molecular flexibility index (Phi) is 4.14. The molecular formula is C7H15NO. The van der Waals surface area contributed by atoms with E-state index in [-0.39, 0.29) is 0 Å². The zero-order chi connectivity index (χ0) is 7.28. The van der Waals surface area contributed by atoms with Gasteiger partial charge in [0.2, 0.25) is 0 Å². The van der Waals surface area contributed by atoms with Gasteiger partial charge >= 0.3 is 0 Å². The van der Waals surface area contributed by atoms with Crippen LogP contribution in [0.5, 0.6) is 0 Å². The number of rotatable bonds is 4. The highest BCUT2D eigenvalue weighted by molar-refractivity contribution is 4.91. The third kappa shape index (κ3) is 5.37. The van der Waals surface area contributed by atoms with E-state index < -0.39 is 0 Å². The van der Waals surface area contributed by atoms with Gasteiger partial charge in [-0.05, 0) is 13.8 Å². The van der Waals surface area contributed by atoms with Crippen LogP contribution < -0.4 is 5.32 Å². The lowest BCUT2D eigenvalue weighted by molar-refractivity contribution is 0.219. The lowest BCUT2D eigenvalue weighted by Gasteiger charge is -2.10. The molecule has 1 N–H and O–H groups in total. The monoisotopic (exact) mass is 129 g/mol. The molecule has 2 nitrogen and oxygen atoms in total. The van der Waals surface area contributed by atoms with Gasteiger partial charge < -0.3 is 10.1 Å². The topological polar surface area (TPSA) is 21.3 Å². The van der Waals surface area contributed by atoms with E-state index in [1.807, 2.05) is 0 Å². The van der Waals surface area contributed by atoms with E-state index in [4.69, 9.17) is 4.74 Å². The van der Waals surface area contributed by atoms with Gasteiger partial charge in [-0.15, -0.1) is 0 Å². The van der Waals surface area contributed by atoms with E-state index in [0.717, 1.165) is 5.70 Å². The van der Waals surface area contributed by atoms with E-state index in [1.54, 1.807) is 7.11 Å². The summed E-state index contributed by atoms with van der Waals surface area (Å²) in [6.45, 7) is 8.48. The summed E-state index contributed by atoms with van der Waals surface area (Å²) in [5.74, 6) is 0. The Balaban J connectivity index is 3.27. The molecule has 0 aliphatic carbocycles. The SMILES string of the molecule is C=C(COC)NC(C)C. The van der Waals surface area contributed by atoms with Crippen molar-refractivity contribution < 1.29 is 4.74 Å². The number of methoxy groups -OCH3 is 1. The van der Waals surface area contributed by atoms with Gasteiger partial charge in [-0.25, -0.2) is 0 Å². The molecule has 0 rings (SSSR count). The van der Waals surface area contributed by atoms with Crippen LogP contribution in [0.25, 0.3) is 0 Å². The minimum atomic E-state index is 0.452. The molecule has 0 radical (unpaired) electrons. The van der Waals surface area contributed by atoms with Crippen molar-refractivity contribution in [2.24, 2.45) is 0 Å². The molecule has 2 heteroatoms. The summed E-state index contributed by atoms with van der Waals surface area (Å²) in [7, 11) is 1.66. The van der Waals surface area contributed by atoms with E-state index in [0.29, 0.717) is 12.6 Å². The van der Waals surface area contributed by atoms with Gasteiger partial charge in [0.25, 0.3) is 0 Å². The van der Waals surface area contributed by atoms with Crippen molar-refractivity contribution in [3.05, 3.63) is 12.3 Å². The number of hydrogen-bond acceptors (Lipinski definition) is 2. The van der Waals surface area contributed by atoms with E-state index in [1.165, 1.54) is 0 Å². The highest BCUT2D eigenvalue weighted by Crippen LogP contribution is 1.87. The first kappa shape index (κ1) is 8.50. The first-order chi connectivity index (χ1) is 4.16. The largest absolute Gasteiger partial charge is 0.385 e. The molecule has 0 unspecified atom stereocenters. The van der Waals surface area contributed by atoms with Crippen molar-refractivity contribution in [1.29, 1.82) is 0 Å². The maximum absolute atomic E-state index is 4.84. The summed E-state index contributed by atoms with van der Waals surface area (Å²) < 4.78 is 4.84. The van der Waals surface area contributed by atoms with Crippen LogP contribution in [0.3, 0.4) is 0 Å². The minimum Gasteiger partial charge on any atom is -0.385 e. The molecule has 0 aromatic heterocycles. The predicted molar refractivity (Wildman–Crippen MR) is 39.3 cm³/mol. The Morgan fingerprint density at radius 3 is 2.56 bits per heavy atom. The standard InChI is InChI=1S/C7H15NO/c1-6(2)8-7(3)5-9-4/h6,8H,3,5H2,1-2,4H3. The summed E-state index contributed by atoms with van der Waals surface area (Å²) in [5.41, 5.74) is 0.938. The van der Waals surface area contributed by atoms with Crippen molar-refractivity contribution in [3.8, 4) is 0 Å². The Morgan fingerprint density at radius 2 is 2.22 bits per heavy atom. The lowest BCUT2D eigenvalue weighted by atomic mass is 10.4. The molecule has 54 valence electrons. The average molecular weight is 129 g/mol. The molecule has 0 aliphatic heterocycles. The first-order valence-electron chi connectivity index (χ1n) is 3.10. The maximum Gasteiger partial charge on any atom is 0.0852 e. The van der Waals surface area contributed by atoms with Crippen LogP contribution in [-0.2, 0) is 4.74 Å². The van der Waals surface area contributed by atoms with Gasteiger partial charge in [-0.2, -0.15) is 0 Å². The Hall–Kier alpha value is -0.500. The van der Waals surface area contributed by atoms with E-state index in [9.17, 15) is 0 Å². The molecule has 0 spiro atoms. The number of hydrogen-bond donors (Lipinski definition) is 1. The summed E-state index contributed by atoms with van der Waals surface area (Å²) in [6.07, 6.45) is 0. The normalized spacial score (nSPS) is 9.78. The maximum atomic E-state index is 4.84. The van der Waals surface area contributed by atoms with Crippen LogP contribution in [0.2, 0.25) is 0 Å². The second-order valence-electron chi connectivity index (χ2n) is 2.34. The van der Waals surface area contributed by atoms with Crippen LogP contribution >= 0.6 is 0 Å². The Bertz CT molecular complexity index is 88.9. The van der Waals surface area contributed by atoms with Crippen LogP contribution in [-0.4, -0.2) is 19.8 Å². The highest BCUT2D eigenvalue weighted by Gasteiger charge is 1.93. The van der Waals surface area contributed by atoms with E-state index in [2.05, 4.69) is 25.7 Å². The molecule has 0 aromatic rings. The van der Waals surface area contributed by atoms with Crippen LogP contribution in [0.15, 0.2) is 12.3 Å². The molecule has 0 amide bonds. The van der Waals surface area contributed by atoms with E-state index >= 15 is 0 Å². The van der Waals surface area contributed by atoms with Crippen LogP contribution in [0.1, 0.15) is 13.8 Å². The van der Waals surface area contributed by atoms with Crippen molar-refractivity contribution in [1.82, 2.24) is 5.32 Å². The fraction of sp³-hybridized carbons (Fsp3) is 0.714. The third-order valence-corrected chi connectivity index (χ3v) is 0.811. The molecule has 0 bridgehead atoms. The first-order valence-corrected chi connectivity index (χ1v) is 3.10. The second-order valence-corrected chi connectivity index (χ2v) is 2.34. The summed E-state index contributed by atoms with van der Waals surface area (Å²) >= 11 is 0. The molecular weight excluding hydrogens is 114 g/mol. The van der Waals surface area contributed by atoms with Gasteiger partial charge in [-0.1, -0.05) is 6.58 Å². The second kappa shape index (κ2) is 4.39. The van der Waals surface area contributed by atoms with Gasteiger partial charge in [-0.3, -0.25) is 0 Å². The van der Waals surface area contributed by atoms with Crippen molar-refractivity contribution in [3.63, 3.8) is 0 Å². The summed E-state index contributed by atoms with van der Waals surface area (Å²) in [6, 6.07) is 0.452. The summed E-state index contributed by atoms with van der Waals surface area (Å²) in [4.78, 5) is 0. The van der Waals surface area contributed by atoms with Gasteiger partial charge in [0.05, 0.1) is 6.61 Å². The van der Waals surface area contributed by atoms with Crippen molar-refractivity contribution >= 4 is 0 Å². The third-order valence-electron chi connectivity index (χ3n) is 0.811. The molecule has 0 saturated heterocycles. The average Bonchev–Trinajstić information content (AvgIpc) is 1.63. The Labute approximate surface area is 56.9 Å². The Morgan fingerprint density at radius 1 is 1.67 bits per heavy atom. The smallest absolute Gasteiger partial charge is 0.0852 e. The van der Waals surface area contributed by atoms with Gasteiger partial charge in [0.15, 0.2) is 0 Å². The predicted octanol–water partition coefficient (Wildman–Crippen LogP) is 1.14. The lowest BCUT2D eigenvalue weighted by Crippen LogP contribution is -2.23. The van der Waals surface area contributed by atoms with Crippen LogP contribution in [0, 0.1) is 0 Å². The molecule has 0 saturated carbocycles. The molecule has 0 heterocycles. The molecule has 0 atom stereocenters.